The smallest absolute Gasteiger partial charge is 0.130 e. The average molecular weight is 200 g/mol. The molecule has 1 fully saturated rings. The van der Waals surface area contributed by atoms with E-state index < -0.39 is 0 Å². The Bertz CT molecular complexity index is 449. The van der Waals surface area contributed by atoms with Gasteiger partial charge in [-0.25, -0.2) is 0 Å². The minimum absolute atomic E-state index is 0.0831. The summed E-state index contributed by atoms with van der Waals surface area (Å²) in [5.41, 5.74) is -0.0831. The lowest BCUT2D eigenvalue weighted by Crippen LogP contribution is -2.40. The number of para-hydroxylation sites is 1. The lowest BCUT2D eigenvalue weighted by atomic mass is 10.1. The van der Waals surface area contributed by atoms with E-state index in [4.69, 9.17) is 4.99 Å². The minimum atomic E-state index is -0.0831. The van der Waals surface area contributed by atoms with Gasteiger partial charge in [0.1, 0.15) is 5.66 Å². The van der Waals surface area contributed by atoms with Gasteiger partial charge < -0.3 is 0 Å². The molecule has 2 aliphatic rings. The van der Waals surface area contributed by atoms with E-state index in [1.54, 1.807) is 0 Å². The maximum absolute atomic E-state index is 4.84. The van der Waals surface area contributed by atoms with Crippen molar-refractivity contribution in [2.75, 3.05) is 13.1 Å². The van der Waals surface area contributed by atoms with Gasteiger partial charge in [0, 0.05) is 13.1 Å². The maximum Gasteiger partial charge on any atom is 0.130 e. The SMILES string of the molecule is CC1(N2CCCC2)C=c2ccccc2=N1. The monoisotopic (exact) mass is 200 g/mol. The van der Waals surface area contributed by atoms with Crippen LogP contribution in [0.25, 0.3) is 6.08 Å². The molecule has 2 aliphatic heterocycles. The predicted octanol–water partition coefficient (Wildman–Crippen LogP) is 0.912. The van der Waals surface area contributed by atoms with Crippen LogP contribution in [-0.4, -0.2) is 23.7 Å². The molecule has 1 aromatic carbocycles. The second kappa shape index (κ2) is 3.17. The Hall–Kier alpha value is -1.15. The fraction of sp³-hybridized carbons (Fsp3) is 0.462. The first-order chi connectivity index (χ1) is 7.28. The summed E-state index contributed by atoms with van der Waals surface area (Å²) >= 11 is 0. The Morgan fingerprint density at radius 2 is 1.93 bits per heavy atom. The third kappa shape index (κ3) is 1.40. The highest BCUT2D eigenvalue weighted by Gasteiger charge is 2.32. The van der Waals surface area contributed by atoms with Crippen molar-refractivity contribution in [2.45, 2.75) is 25.4 Å². The van der Waals surface area contributed by atoms with Crippen molar-refractivity contribution in [3.05, 3.63) is 34.8 Å². The van der Waals surface area contributed by atoms with Crippen LogP contribution in [0.15, 0.2) is 29.3 Å². The molecule has 0 spiro atoms. The molecule has 2 heteroatoms. The molecule has 1 unspecified atom stereocenters. The molecule has 0 amide bonds. The zero-order chi connectivity index (χ0) is 10.3. The molecule has 0 N–H and O–H groups in total. The van der Waals surface area contributed by atoms with Crippen LogP contribution in [0.2, 0.25) is 0 Å². The highest BCUT2D eigenvalue weighted by Crippen LogP contribution is 2.24. The van der Waals surface area contributed by atoms with Crippen molar-refractivity contribution in [2.24, 2.45) is 4.99 Å². The Balaban J connectivity index is 2.07. The molecule has 15 heavy (non-hydrogen) atoms. The molecule has 3 rings (SSSR count). The standard InChI is InChI=1S/C13H16N2/c1-13(15-8-4-5-9-15)10-11-6-2-3-7-12(11)14-13/h2-3,6-7,10H,4-5,8-9H2,1H3. The first-order valence-electron chi connectivity index (χ1n) is 5.71. The molecular formula is C13H16N2. The molecule has 1 saturated heterocycles. The van der Waals surface area contributed by atoms with Crippen molar-refractivity contribution in [1.29, 1.82) is 0 Å². The molecule has 0 aromatic heterocycles. The Labute approximate surface area is 89.9 Å². The number of benzene rings is 1. The van der Waals surface area contributed by atoms with Crippen molar-refractivity contribution < 1.29 is 0 Å². The minimum Gasteiger partial charge on any atom is -0.276 e. The summed E-state index contributed by atoms with van der Waals surface area (Å²) in [5.74, 6) is 0. The van der Waals surface area contributed by atoms with E-state index in [9.17, 15) is 0 Å². The number of rotatable bonds is 1. The Morgan fingerprint density at radius 3 is 2.67 bits per heavy atom. The van der Waals surface area contributed by atoms with Gasteiger partial charge in [0.05, 0.1) is 5.36 Å². The van der Waals surface area contributed by atoms with Crippen LogP contribution >= 0.6 is 0 Å². The third-order valence-corrected chi connectivity index (χ3v) is 3.46. The quantitative estimate of drug-likeness (QED) is 0.658. The highest BCUT2D eigenvalue weighted by atomic mass is 15.3. The van der Waals surface area contributed by atoms with E-state index in [1.165, 1.54) is 31.1 Å². The van der Waals surface area contributed by atoms with Gasteiger partial charge in [-0.3, -0.25) is 9.89 Å². The topological polar surface area (TPSA) is 15.6 Å². The second-order valence-corrected chi connectivity index (χ2v) is 4.60. The fourth-order valence-electron chi connectivity index (χ4n) is 2.61. The zero-order valence-corrected chi connectivity index (χ0v) is 9.11. The lowest BCUT2D eigenvalue weighted by molar-refractivity contribution is 0.208. The molecule has 0 aliphatic carbocycles. The fourth-order valence-corrected chi connectivity index (χ4v) is 2.61. The van der Waals surface area contributed by atoms with Gasteiger partial charge in [0.25, 0.3) is 0 Å². The molecule has 1 atom stereocenters. The normalized spacial score (nSPS) is 29.7. The third-order valence-electron chi connectivity index (χ3n) is 3.46. The molecule has 0 radical (unpaired) electrons. The van der Waals surface area contributed by atoms with Crippen molar-refractivity contribution in [3.8, 4) is 0 Å². The number of hydrogen-bond donors (Lipinski definition) is 0. The van der Waals surface area contributed by atoms with Gasteiger partial charge in [-0.15, -0.1) is 0 Å². The summed E-state index contributed by atoms with van der Waals surface area (Å²) in [7, 11) is 0. The highest BCUT2D eigenvalue weighted by molar-refractivity contribution is 5.39. The van der Waals surface area contributed by atoms with Crippen LogP contribution in [0.4, 0.5) is 0 Å². The summed E-state index contributed by atoms with van der Waals surface area (Å²) in [5, 5.41) is 2.43. The van der Waals surface area contributed by atoms with Gasteiger partial charge in [-0.05, 0) is 37.1 Å². The van der Waals surface area contributed by atoms with Crippen molar-refractivity contribution in [1.82, 2.24) is 4.90 Å². The summed E-state index contributed by atoms with van der Waals surface area (Å²) in [4.78, 5) is 7.32. The average Bonchev–Trinajstić information content (AvgIpc) is 2.83. The summed E-state index contributed by atoms with van der Waals surface area (Å²) in [6.07, 6.45) is 4.93. The first kappa shape index (κ1) is 9.10. The van der Waals surface area contributed by atoms with E-state index in [0.29, 0.717) is 0 Å². The Morgan fingerprint density at radius 1 is 1.20 bits per heavy atom. The van der Waals surface area contributed by atoms with Crippen molar-refractivity contribution in [3.63, 3.8) is 0 Å². The Kier molecular flexibility index (Phi) is 1.93. The van der Waals surface area contributed by atoms with Crippen molar-refractivity contribution >= 4 is 6.08 Å². The van der Waals surface area contributed by atoms with Gasteiger partial charge in [-0.1, -0.05) is 18.2 Å². The lowest BCUT2D eigenvalue weighted by Gasteiger charge is -2.30. The second-order valence-electron chi connectivity index (χ2n) is 4.60. The van der Waals surface area contributed by atoms with E-state index in [1.807, 2.05) is 0 Å². The van der Waals surface area contributed by atoms with Gasteiger partial charge in [-0.2, -0.15) is 0 Å². The van der Waals surface area contributed by atoms with Crippen LogP contribution in [-0.2, 0) is 0 Å². The largest absolute Gasteiger partial charge is 0.276 e. The molecule has 0 bridgehead atoms. The van der Waals surface area contributed by atoms with Crippen LogP contribution in [0, 0.1) is 0 Å². The van der Waals surface area contributed by atoms with E-state index in [0.717, 1.165) is 5.36 Å². The van der Waals surface area contributed by atoms with Gasteiger partial charge in [0.15, 0.2) is 0 Å². The zero-order valence-electron chi connectivity index (χ0n) is 9.11. The summed E-state index contributed by atoms with van der Waals surface area (Å²) < 4.78 is 0. The van der Waals surface area contributed by atoms with Crippen LogP contribution < -0.4 is 10.6 Å². The first-order valence-corrected chi connectivity index (χ1v) is 5.71. The summed E-state index contributed by atoms with van der Waals surface area (Å²) in [6.45, 7) is 4.59. The molecule has 2 heterocycles. The van der Waals surface area contributed by atoms with Crippen LogP contribution in [0.5, 0.6) is 0 Å². The molecule has 78 valence electrons. The van der Waals surface area contributed by atoms with Gasteiger partial charge in [0.2, 0.25) is 0 Å². The molecular weight excluding hydrogens is 184 g/mol. The van der Waals surface area contributed by atoms with E-state index in [2.05, 4.69) is 42.2 Å². The number of nitrogens with zero attached hydrogens (tertiary/aromatic N) is 2. The number of likely N-dealkylation sites (tertiary alicyclic amines) is 1. The number of fused-ring (bicyclic) bond motifs is 1. The predicted molar refractivity (Wildman–Crippen MR) is 60.9 cm³/mol. The molecule has 2 nitrogen and oxygen atoms in total. The number of hydrogen-bond acceptors (Lipinski definition) is 2. The summed E-state index contributed by atoms with van der Waals surface area (Å²) in [6, 6.07) is 8.40. The van der Waals surface area contributed by atoms with Crippen LogP contribution in [0.1, 0.15) is 19.8 Å². The van der Waals surface area contributed by atoms with Crippen LogP contribution in [0.3, 0.4) is 0 Å². The molecule has 0 saturated carbocycles. The van der Waals surface area contributed by atoms with Gasteiger partial charge >= 0.3 is 0 Å². The van der Waals surface area contributed by atoms with E-state index >= 15 is 0 Å². The molecule has 1 aromatic rings. The maximum atomic E-state index is 4.84. The van der Waals surface area contributed by atoms with E-state index in [-0.39, 0.29) is 5.66 Å².